The molecule has 2 aliphatic carbocycles. The lowest BCUT2D eigenvalue weighted by Gasteiger charge is -2.30. The largest absolute Gasteiger partial charge is 0.311 e. The molecule has 0 spiro atoms. The van der Waals surface area contributed by atoms with E-state index in [1.165, 1.54) is 111 Å². The summed E-state index contributed by atoms with van der Waals surface area (Å²) in [6.45, 7) is 8.74. The first-order chi connectivity index (χ1) is 40.3. The van der Waals surface area contributed by atoms with Crippen LogP contribution in [0, 0.1) is 26.7 Å². The van der Waals surface area contributed by atoms with E-state index in [4.69, 9.17) is 0 Å². The molecule has 2 unspecified atom stereocenters. The maximum atomic E-state index is 2.63. The minimum atomic E-state index is 0.126. The van der Waals surface area contributed by atoms with Crippen LogP contribution in [0.3, 0.4) is 0 Å². The molecule has 11 aromatic carbocycles. The number of para-hydroxylation sites is 2. The standard InChI is InChI=1S/C78H62N4/c1-51-23-35-59(36-24-51)79(60-37-25-52(2)26-38-60)63-43-31-55(32-44-63)71-49-73-75(67-21-13-11-19-65(67)71)69-47-48-70-76-68-22-14-12-20-66(68)72(50-74(76)82(58-17-9-6-10-18-58)78(70)77(69)81(73)57-15-7-5-8-16-57)56-33-45-64(46-34-56)80(61-39-27-53(3)28-40-61)62-41-29-54(4)30-42-62/h5-29,31-49,54,72H,30,50H2,1-4H3. The summed E-state index contributed by atoms with van der Waals surface area (Å²) < 4.78 is 5.19. The zero-order valence-electron chi connectivity index (χ0n) is 46.8. The van der Waals surface area contributed by atoms with Crippen LogP contribution in [0.5, 0.6) is 0 Å². The summed E-state index contributed by atoms with van der Waals surface area (Å²) in [5.41, 5.74) is 25.5. The summed E-state index contributed by atoms with van der Waals surface area (Å²) in [4.78, 5) is 4.77. The van der Waals surface area contributed by atoms with E-state index in [9.17, 15) is 0 Å². The quantitative estimate of drug-likeness (QED) is 0.136. The number of aryl methyl sites for hydroxylation is 3. The van der Waals surface area contributed by atoms with Gasteiger partial charge in [0.2, 0.25) is 0 Å². The van der Waals surface area contributed by atoms with Crippen LogP contribution in [0.25, 0.3) is 77.1 Å². The Kier molecular flexibility index (Phi) is 12.0. The second kappa shape index (κ2) is 20.0. The van der Waals surface area contributed by atoms with E-state index in [1.807, 2.05) is 0 Å². The molecular weight excluding hydrogens is 993 g/mol. The third kappa shape index (κ3) is 8.28. The van der Waals surface area contributed by atoms with Gasteiger partial charge in [-0.3, -0.25) is 0 Å². The average molecular weight is 1060 g/mol. The molecule has 2 aromatic heterocycles. The number of aromatic nitrogens is 2. The number of fused-ring (bicyclic) bond motifs is 11. The summed E-state index contributed by atoms with van der Waals surface area (Å²) in [6.07, 6.45) is 8.89. The minimum absolute atomic E-state index is 0.126. The van der Waals surface area contributed by atoms with Crippen molar-refractivity contribution < 1.29 is 0 Å². The number of hydrogen-bond donors (Lipinski definition) is 0. The third-order valence-electron chi connectivity index (χ3n) is 17.4. The Labute approximate surface area is 480 Å². The van der Waals surface area contributed by atoms with Crippen molar-refractivity contribution in [2.24, 2.45) is 5.92 Å². The van der Waals surface area contributed by atoms with E-state index in [1.54, 1.807) is 0 Å². The van der Waals surface area contributed by atoms with Crippen LogP contribution in [0.1, 0.15) is 52.8 Å². The van der Waals surface area contributed by atoms with Gasteiger partial charge in [-0.1, -0.05) is 193 Å². The van der Waals surface area contributed by atoms with Crippen molar-refractivity contribution >= 4 is 71.9 Å². The molecule has 0 fully saturated rings. The zero-order chi connectivity index (χ0) is 55.0. The lowest BCUT2D eigenvalue weighted by Crippen LogP contribution is -2.18. The normalized spacial score (nSPS) is 14.8. The number of benzene rings is 11. The number of rotatable bonds is 10. The van der Waals surface area contributed by atoms with Gasteiger partial charge in [-0.15, -0.1) is 0 Å². The summed E-state index contributed by atoms with van der Waals surface area (Å²) in [5.74, 6) is 0.655. The molecule has 0 radical (unpaired) electrons. The van der Waals surface area contributed by atoms with Gasteiger partial charge in [0.05, 0.1) is 16.6 Å². The Morgan fingerprint density at radius 2 is 0.927 bits per heavy atom. The molecule has 0 N–H and O–H groups in total. The summed E-state index contributed by atoms with van der Waals surface area (Å²) in [5, 5.41) is 6.22. The maximum Gasteiger partial charge on any atom is 0.0789 e. The van der Waals surface area contributed by atoms with Crippen LogP contribution in [-0.2, 0) is 6.42 Å². The molecule has 0 saturated heterocycles. The number of hydrogen-bond acceptors (Lipinski definition) is 2. The maximum absolute atomic E-state index is 2.63. The second-order valence-electron chi connectivity index (χ2n) is 22.7. The lowest BCUT2D eigenvalue weighted by atomic mass is 9.77. The Morgan fingerprint density at radius 3 is 1.52 bits per heavy atom. The monoisotopic (exact) mass is 1050 g/mol. The number of anilines is 5. The molecular formula is C78H62N4. The van der Waals surface area contributed by atoms with Crippen molar-refractivity contribution in [3.8, 4) is 33.6 Å². The van der Waals surface area contributed by atoms with Crippen LogP contribution in [0.4, 0.5) is 28.4 Å². The van der Waals surface area contributed by atoms with Gasteiger partial charge in [-0.25, -0.2) is 0 Å². The second-order valence-corrected chi connectivity index (χ2v) is 22.7. The van der Waals surface area contributed by atoms with Crippen molar-refractivity contribution in [1.29, 1.82) is 0 Å². The van der Waals surface area contributed by atoms with Gasteiger partial charge in [-0.2, -0.15) is 0 Å². The Morgan fingerprint density at radius 1 is 0.427 bits per heavy atom. The summed E-state index contributed by atoms with van der Waals surface area (Å²) in [6, 6.07) is 93.0. The van der Waals surface area contributed by atoms with Gasteiger partial charge in [0.1, 0.15) is 0 Å². The smallest absolute Gasteiger partial charge is 0.0789 e. The fraction of sp³-hybridized carbons (Fsp3) is 0.103. The summed E-state index contributed by atoms with van der Waals surface area (Å²) >= 11 is 0. The van der Waals surface area contributed by atoms with E-state index >= 15 is 0 Å². The van der Waals surface area contributed by atoms with E-state index < -0.39 is 0 Å². The van der Waals surface area contributed by atoms with Crippen molar-refractivity contribution in [1.82, 2.24) is 9.13 Å². The Bertz CT molecular complexity index is 4570. The molecule has 4 nitrogen and oxygen atoms in total. The first-order valence-corrected chi connectivity index (χ1v) is 29.0. The minimum Gasteiger partial charge on any atom is -0.311 e. The summed E-state index contributed by atoms with van der Waals surface area (Å²) in [7, 11) is 0. The van der Waals surface area contributed by atoms with E-state index in [0.717, 1.165) is 47.0 Å². The first-order valence-electron chi connectivity index (χ1n) is 29.0. The van der Waals surface area contributed by atoms with Gasteiger partial charge < -0.3 is 18.9 Å². The van der Waals surface area contributed by atoms with Gasteiger partial charge in [0.25, 0.3) is 0 Å². The molecule has 394 valence electrons. The highest BCUT2D eigenvalue weighted by atomic mass is 15.2. The molecule has 0 saturated carbocycles. The van der Waals surface area contributed by atoms with Gasteiger partial charge in [0.15, 0.2) is 0 Å². The highest BCUT2D eigenvalue weighted by Gasteiger charge is 2.34. The molecule has 2 heterocycles. The predicted octanol–water partition coefficient (Wildman–Crippen LogP) is 20.9. The van der Waals surface area contributed by atoms with Crippen molar-refractivity contribution in [2.45, 2.75) is 46.5 Å². The van der Waals surface area contributed by atoms with Gasteiger partial charge in [-0.05, 0) is 175 Å². The lowest BCUT2D eigenvalue weighted by molar-refractivity contribution is 0.728. The Hall–Kier alpha value is -9.90. The SMILES string of the molecule is Cc1ccc(N(C2=CCC(C)C=C2)c2ccc(C3Cc4c(c5ccc6c7c8ccccc8c(-c8ccc(N(c9ccc(C)cc9)c9ccc(C)cc9)cc8)cc7n(-c7ccccc7)c6c5n4-c4ccccc4)-c4ccccc43)cc2)cc1. The van der Waals surface area contributed by atoms with Crippen LogP contribution in [-0.4, -0.2) is 9.13 Å². The van der Waals surface area contributed by atoms with Gasteiger partial charge >= 0.3 is 0 Å². The molecule has 2 atom stereocenters. The highest BCUT2D eigenvalue weighted by molar-refractivity contribution is 6.29. The van der Waals surface area contributed by atoms with E-state index in [0.29, 0.717) is 5.92 Å². The van der Waals surface area contributed by atoms with Crippen LogP contribution >= 0.6 is 0 Å². The fourth-order valence-corrected chi connectivity index (χ4v) is 13.4. The van der Waals surface area contributed by atoms with Crippen LogP contribution in [0.2, 0.25) is 0 Å². The number of nitrogens with zero attached hydrogens (tertiary/aromatic N) is 4. The molecule has 0 aliphatic heterocycles. The molecule has 13 aromatic rings. The molecule has 15 rings (SSSR count). The fourth-order valence-electron chi connectivity index (χ4n) is 13.4. The molecule has 82 heavy (non-hydrogen) atoms. The van der Waals surface area contributed by atoms with E-state index in [2.05, 4.69) is 314 Å². The molecule has 0 amide bonds. The molecule has 2 aliphatic rings. The topological polar surface area (TPSA) is 16.3 Å². The average Bonchev–Trinajstić information content (AvgIpc) is 4.27. The van der Waals surface area contributed by atoms with Gasteiger partial charge in [0, 0.05) is 78.8 Å². The van der Waals surface area contributed by atoms with Crippen molar-refractivity contribution in [3.63, 3.8) is 0 Å². The third-order valence-corrected chi connectivity index (χ3v) is 17.4. The molecule has 4 heteroatoms. The predicted molar refractivity (Wildman–Crippen MR) is 346 cm³/mol. The van der Waals surface area contributed by atoms with Crippen molar-refractivity contribution in [2.75, 3.05) is 9.80 Å². The zero-order valence-corrected chi connectivity index (χ0v) is 46.8. The van der Waals surface area contributed by atoms with Crippen LogP contribution in [0.15, 0.2) is 273 Å². The molecule has 0 bridgehead atoms. The highest BCUT2D eigenvalue weighted by Crippen LogP contribution is 2.52. The first kappa shape index (κ1) is 49.2. The van der Waals surface area contributed by atoms with Crippen molar-refractivity contribution in [3.05, 3.63) is 306 Å². The van der Waals surface area contributed by atoms with Crippen LogP contribution < -0.4 is 9.80 Å². The number of allylic oxidation sites excluding steroid dienone is 3. The Balaban J connectivity index is 0.928. The van der Waals surface area contributed by atoms with E-state index in [-0.39, 0.29) is 5.92 Å².